The second-order valence-corrected chi connectivity index (χ2v) is 6.81. The van der Waals surface area contributed by atoms with Crippen LogP contribution < -0.4 is 10.6 Å². The highest BCUT2D eigenvalue weighted by Crippen LogP contribution is 2.22. The lowest BCUT2D eigenvalue weighted by atomic mass is 10.1. The molecule has 2 rings (SSSR count). The highest BCUT2D eigenvalue weighted by molar-refractivity contribution is 9.10. The van der Waals surface area contributed by atoms with Crippen LogP contribution in [0, 0.1) is 12.8 Å². The van der Waals surface area contributed by atoms with Crippen molar-refractivity contribution >= 4 is 33.3 Å². The quantitative estimate of drug-likeness (QED) is 0.770. The lowest BCUT2D eigenvalue weighted by Crippen LogP contribution is -2.25. The Morgan fingerprint density at radius 1 is 1.26 bits per heavy atom. The molecule has 4 nitrogen and oxygen atoms in total. The summed E-state index contributed by atoms with van der Waals surface area (Å²) in [5.74, 6) is 1.21. The average molecular weight is 376 g/mol. The van der Waals surface area contributed by atoms with Crippen molar-refractivity contribution in [1.82, 2.24) is 10.3 Å². The SMILES string of the molecule is Cc1cc(Nc2ccc(C(=O)NCCC(C)C)cn2)ccc1Br. The summed E-state index contributed by atoms with van der Waals surface area (Å²) in [6.07, 6.45) is 2.57. The van der Waals surface area contributed by atoms with Crippen molar-refractivity contribution in [3.8, 4) is 0 Å². The van der Waals surface area contributed by atoms with Gasteiger partial charge in [-0.05, 0) is 55.2 Å². The zero-order valence-corrected chi connectivity index (χ0v) is 15.3. The van der Waals surface area contributed by atoms with Gasteiger partial charge in [-0.2, -0.15) is 0 Å². The molecule has 0 aliphatic heterocycles. The molecule has 1 amide bonds. The Morgan fingerprint density at radius 2 is 2.04 bits per heavy atom. The van der Waals surface area contributed by atoms with E-state index < -0.39 is 0 Å². The molecule has 2 N–H and O–H groups in total. The number of anilines is 2. The fourth-order valence-corrected chi connectivity index (χ4v) is 2.30. The van der Waals surface area contributed by atoms with Crippen LogP contribution in [0.25, 0.3) is 0 Å². The normalized spacial score (nSPS) is 10.7. The number of hydrogen-bond acceptors (Lipinski definition) is 3. The molecular weight excluding hydrogens is 354 g/mol. The van der Waals surface area contributed by atoms with Crippen LogP contribution in [0.1, 0.15) is 36.2 Å². The zero-order valence-electron chi connectivity index (χ0n) is 13.7. The summed E-state index contributed by atoms with van der Waals surface area (Å²) < 4.78 is 1.07. The predicted octanol–water partition coefficient (Wildman–Crippen LogP) is 4.67. The molecule has 0 atom stereocenters. The van der Waals surface area contributed by atoms with Gasteiger partial charge < -0.3 is 10.6 Å². The van der Waals surface area contributed by atoms with E-state index in [1.807, 2.05) is 31.2 Å². The van der Waals surface area contributed by atoms with Crippen LogP contribution >= 0.6 is 15.9 Å². The van der Waals surface area contributed by atoms with Crippen LogP contribution in [-0.4, -0.2) is 17.4 Å². The van der Waals surface area contributed by atoms with Gasteiger partial charge in [0.2, 0.25) is 0 Å². The molecule has 0 radical (unpaired) electrons. The van der Waals surface area contributed by atoms with Crippen molar-refractivity contribution in [2.45, 2.75) is 27.2 Å². The van der Waals surface area contributed by atoms with Gasteiger partial charge in [-0.1, -0.05) is 29.8 Å². The maximum atomic E-state index is 12.0. The first-order chi connectivity index (χ1) is 11.0. The molecule has 0 spiro atoms. The van der Waals surface area contributed by atoms with Crippen molar-refractivity contribution in [3.05, 3.63) is 52.1 Å². The predicted molar refractivity (Wildman–Crippen MR) is 98.2 cm³/mol. The third-order valence-electron chi connectivity index (χ3n) is 3.46. The minimum atomic E-state index is -0.0795. The number of nitrogens with one attached hydrogen (secondary N) is 2. The van der Waals surface area contributed by atoms with E-state index in [4.69, 9.17) is 0 Å². The molecule has 23 heavy (non-hydrogen) atoms. The first-order valence-electron chi connectivity index (χ1n) is 7.73. The minimum absolute atomic E-state index is 0.0795. The van der Waals surface area contributed by atoms with E-state index in [0.717, 1.165) is 22.1 Å². The molecule has 0 unspecified atom stereocenters. The fourth-order valence-electron chi connectivity index (χ4n) is 2.05. The summed E-state index contributed by atoms with van der Waals surface area (Å²) in [6, 6.07) is 9.61. The minimum Gasteiger partial charge on any atom is -0.352 e. The third kappa shape index (κ3) is 5.36. The molecule has 0 saturated heterocycles. The largest absolute Gasteiger partial charge is 0.352 e. The standard InChI is InChI=1S/C18H22BrN3O/c1-12(2)8-9-20-18(23)14-4-7-17(21-11-14)22-15-5-6-16(19)13(3)10-15/h4-7,10-12H,8-9H2,1-3H3,(H,20,23)(H,21,22). The van der Waals surface area contributed by atoms with Gasteiger partial charge in [0.25, 0.3) is 5.91 Å². The maximum Gasteiger partial charge on any atom is 0.252 e. The van der Waals surface area contributed by atoms with Crippen LogP contribution in [0.15, 0.2) is 41.0 Å². The molecule has 5 heteroatoms. The van der Waals surface area contributed by atoms with E-state index in [1.54, 1.807) is 12.3 Å². The van der Waals surface area contributed by atoms with Crippen LogP contribution in [0.4, 0.5) is 11.5 Å². The molecule has 0 saturated carbocycles. The van der Waals surface area contributed by atoms with E-state index in [9.17, 15) is 4.79 Å². The molecule has 0 aliphatic rings. The second kappa shape index (κ2) is 8.11. The molecule has 122 valence electrons. The molecule has 0 fully saturated rings. The monoisotopic (exact) mass is 375 g/mol. The van der Waals surface area contributed by atoms with Crippen LogP contribution in [0.2, 0.25) is 0 Å². The number of carbonyl (C=O) groups excluding carboxylic acids is 1. The molecule has 1 aromatic heterocycles. The van der Waals surface area contributed by atoms with Gasteiger partial charge in [-0.25, -0.2) is 4.98 Å². The van der Waals surface area contributed by atoms with Crippen LogP contribution in [0.3, 0.4) is 0 Å². The van der Waals surface area contributed by atoms with Gasteiger partial charge >= 0.3 is 0 Å². The van der Waals surface area contributed by atoms with E-state index in [1.165, 1.54) is 0 Å². The number of pyridine rings is 1. The molecule has 0 bridgehead atoms. The summed E-state index contributed by atoms with van der Waals surface area (Å²) >= 11 is 3.48. The van der Waals surface area contributed by atoms with Gasteiger partial charge in [-0.3, -0.25) is 4.79 Å². The van der Waals surface area contributed by atoms with E-state index in [-0.39, 0.29) is 5.91 Å². The number of amides is 1. The summed E-state index contributed by atoms with van der Waals surface area (Å²) in [4.78, 5) is 16.3. The summed E-state index contributed by atoms with van der Waals surface area (Å²) in [5, 5.41) is 6.14. The lowest BCUT2D eigenvalue weighted by molar-refractivity contribution is 0.0951. The topological polar surface area (TPSA) is 54.0 Å². The number of nitrogens with zero attached hydrogens (tertiary/aromatic N) is 1. The summed E-state index contributed by atoms with van der Waals surface area (Å²) in [7, 11) is 0. The smallest absolute Gasteiger partial charge is 0.252 e. The molecule has 1 heterocycles. The van der Waals surface area contributed by atoms with Crippen LogP contribution in [0.5, 0.6) is 0 Å². The Balaban J connectivity index is 1.96. The van der Waals surface area contributed by atoms with Crippen molar-refractivity contribution in [2.24, 2.45) is 5.92 Å². The lowest BCUT2D eigenvalue weighted by Gasteiger charge is -2.09. The first-order valence-corrected chi connectivity index (χ1v) is 8.52. The average Bonchev–Trinajstić information content (AvgIpc) is 2.51. The van der Waals surface area contributed by atoms with Gasteiger partial charge in [0.05, 0.1) is 5.56 Å². The number of carbonyl (C=O) groups is 1. The number of benzene rings is 1. The number of hydrogen-bond donors (Lipinski definition) is 2. The Hall–Kier alpha value is -1.88. The van der Waals surface area contributed by atoms with Gasteiger partial charge in [0.1, 0.15) is 5.82 Å². The van der Waals surface area contributed by atoms with Gasteiger partial charge in [0.15, 0.2) is 0 Å². The van der Waals surface area contributed by atoms with Crippen molar-refractivity contribution < 1.29 is 4.79 Å². The fraction of sp³-hybridized carbons (Fsp3) is 0.333. The highest BCUT2D eigenvalue weighted by atomic mass is 79.9. The number of aryl methyl sites for hydroxylation is 1. The van der Waals surface area contributed by atoms with Crippen molar-refractivity contribution in [3.63, 3.8) is 0 Å². The second-order valence-electron chi connectivity index (χ2n) is 5.96. The number of aromatic nitrogens is 1. The van der Waals surface area contributed by atoms with Gasteiger partial charge in [0, 0.05) is 22.9 Å². The Labute approximate surface area is 145 Å². The van der Waals surface area contributed by atoms with E-state index in [0.29, 0.717) is 23.8 Å². The molecule has 2 aromatic rings. The van der Waals surface area contributed by atoms with E-state index in [2.05, 4.69) is 45.4 Å². The first kappa shape index (κ1) is 17.5. The van der Waals surface area contributed by atoms with Crippen LogP contribution in [-0.2, 0) is 0 Å². The van der Waals surface area contributed by atoms with Crippen molar-refractivity contribution in [2.75, 3.05) is 11.9 Å². The molecule has 1 aromatic carbocycles. The van der Waals surface area contributed by atoms with Crippen molar-refractivity contribution in [1.29, 1.82) is 0 Å². The third-order valence-corrected chi connectivity index (χ3v) is 4.35. The number of rotatable bonds is 6. The Morgan fingerprint density at radius 3 is 2.65 bits per heavy atom. The van der Waals surface area contributed by atoms with E-state index >= 15 is 0 Å². The summed E-state index contributed by atoms with van der Waals surface area (Å²) in [5.41, 5.74) is 2.69. The maximum absolute atomic E-state index is 12.0. The Kier molecular flexibility index (Phi) is 6.16. The highest BCUT2D eigenvalue weighted by Gasteiger charge is 2.06. The zero-order chi connectivity index (χ0) is 16.8. The molecular formula is C18H22BrN3O. The number of halogens is 1. The molecule has 0 aliphatic carbocycles. The Bertz CT molecular complexity index is 668. The van der Waals surface area contributed by atoms with Gasteiger partial charge in [-0.15, -0.1) is 0 Å². The summed E-state index contributed by atoms with van der Waals surface area (Å²) in [6.45, 7) is 7.00.